The zero-order chi connectivity index (χ0) is 22.4. The Bertz CT molecular complexity index is 1030. The number of carbonyl (C=O) groups is 2. The summed E-state index contributed by atoms with van der Waals surface area (Å²) in [4.78, 5) is 29.2. The summed E-state index contributed by atoms with van der Waals surface area (Å²) in [5.74, 6) is -0.916. The van der Waals surface area contributed by atoms with Gasteiger partial charge in [0, 0.05) is 18.1 Å². The van der Waals surface area contributed by atoms with Gasteiger partial charge in [0.2, 0.25) is 0 Å². The Morgan fingerprint density at radius 1 is 0.903 bits per heavy atom. The molecule has 160 valence electrons. The van der Waals surface area contributed by atoms with E-state index in [9.17, 15) is 14.0 Å². The first-order chi connectivity index (χ1) is 14.7. The molecule has 0 bridgehead atoms. The first-order valence-electron chi connectivity index (χ1n) is 9.77. The molecule has 3 aromatic rings. The predicted molar refractivity (Wildman–Crippen MR) is 117 cm³/mol. The average Bonchev–Trinajstić information content (AvgIpc) is 2.73. The minimum absolute atomic E-state index is 0.429. The van der Waals surface area contributed by atoms with Crippen molar-refractivity contribution in [3.05, 3.63) is 84.4 Å². The van der Waals surface area contributed by atoms with Gasteiger partial charge in [0.15, 0.2) is 0 Å². The summed E-state index contributed by atoms with van der Waals surface area (Å²) in [7, 11) is 0. The highest BCUT2D eigenvalue weighted by Gasteiger charge is 2.26. The number of nitrogens with zero attached hydrogens (tertiary/aromatic N) is 1. The van der Waals surface area contributed by atoms with Crippen LogP contribution in [-0.2, 0) is 9.53 Å². The van der Waals surface area contributed by atoms with Crippen LogP contribution in [-0.4, -0.2) is 22.6 Å². The van der Waals surface area contributed by atoms with Gasteiger partial charge in [0.05, 0.1) is 0 Å². The maximum Gasteiger partial charge on any atom is 0.408 e. The molecule has 0 aliphatic carbocycles. The van der Waals surface area contributed by atoms with Crippen LogP contribution in [0.5, 0.6) is 0 Å². The summed E-state index contributed by atoms with van der Waals surface area (Å²) in [6, 6.07) is 15.4. The Kier molecular flexibility index (Phi) is 6.65. The average molecular weight is 421 g/mol. The minimum atomic E-state index is -1.06. The van der Waals surface area contributed by atoms with E-state index in [0.717, 1.165) is 11.1 Å². The van der Waals surface area contributed by atoms with Gasteiger partial charge in [-0.1, -0.05) is 24.3 Å². The molecular formula is C24H24FN3O3. The van der Waals surface area contributed by atoms with E-state index in [-0.39, 0.29) is 0 Å². The maximum absolute atomic E-state index is 13.3. The van der Waals surface area contributed by atoms with Gasteiger partial charge in [-0.05, 0) is 73.9 Å². The van der Waals surface area contributed by atoms with Crippen molar-refractivity contribution >= 4 is 17.7 Å². The van der Waals surface area contributed by atoms with Crippen LogP contribution in [0.4, 0.5) is 14.9 Å². The Morgan fingerprint density at radius 2 is 1.48 bits per heavy atom. The van der Waals surface area contributed by atoms with Gasteiger partial charge in [0.1, 0.15) is 17.5 Å². The van der Waals surface area contributed by atoms with E-state index in [1.807, 2.05) is 24.3 Å². The molecule has 2 amide bonds. The number of hydrogen-bond acceptors (Lipinski definition) is 4. The van der Waals surface area contributed by atoms with Crippen molar-refractivity contribution in [2.24, 2.45) is 0 Å². The number of alkyl carbamates (subject to hydrolysis) is 1. The van der Waals surface area contributed by atoms with Crippen molar-refractivity contribution in [1.29, 1.82) is 0 Å². The van der Waals surface area contributed by atoms with E-state index in [2.05, 4.69) is 15.6 Å². The number of nitrogens with one attached hydrogen (secondary N) is 2. The number of anilines is 1. The van der Waals surface area contributed by atoms with Crippen LogP contribution in [0.3, 0.4) is 0 Å². The molecule has 3 rings (SSSR count). The molecule has 0 aliphatic heterocycles. The molecule has 6 nitrogen and oxygen atoms in total. The van der Waals surface area contributed by atoms with Gasteiger partial charge in [-0.2, -0.15) is 0 Å². The van der Waals surface area contributed by atoms with E-state index < -0.39 is 29.5 Å². The van der Waals surface area contributed by atoms with Crippen LogP contribution >= 0.6 is 0 Å². The van der Waals surface area contributed by atoms with Crippen molar-refractivity contribution in [2.75, 3.05) is 5.32 Å². The summed E-state index contributed by atoms with van der Waals surface area (Å²) >= 11 is 0. The molecule has 0 unspecified atom stereocenters. The van der Waals surface area contributed by atoms with Crippen molar-refractivity contribution in [3.63, 3.8) is 0 Å². The summed E-state index contributed by atoms with van der Waals surface area (Å²) < 4.78 is 18.6. The lowest BCUT2D eigenvalue weighted by molar-refractivity contribution is -0.118. The number of aromatic nitrogens is 1. The molecule has 0 saturated heterocycles. The zero-order valence-electron chi connectivity index (χ0n) is 17.6. The molecule has 2 aromatic carbocycles. The molecular weight excluding hydrogens is 397 g/mol. The Hall–Kier alpha value is -3.74. The van der Waals surface area contributed by atoms with Crippen LogP contribution in [0, 0.1) is 5.82 Å². The lowest BCUT2D eigenvalue weighted by Crippen LogP contribution is -2.40. The number of hydrogen-bond donors (Lipinski definition) is 2. The molecule has 7 heteroatoms. The molecule has 0 fully saturated rings. The summed E-state index contributed by atoms with van der Waals surface area (Å²) in [5, 5.41) is 5.35. The predicted octanol–water partition coefficient (Wildman–Crippen LogP) is 5.09. The highest BCUT2D eigenvalue weighted by molar-refractivity contribution is 5.97. The quantitative estimate of drug-likeness (QED) is 0.601. The molecule has 1 aromatic heterocycles. The van der Waals surface area contributed by atoms with Gasteiger partial charge < -0.3 is 15.4 Å². The van der Waals surface area contributed by atoms with Gasteiger partial charge in [0.25, 0.3) is 5.91 Å². The molecule has 1 atom stereocenters. The second-order valence-electron chi connectivity index (χ2n) is 7.93. The fraction of sp³-hybridized carbons (Fsp3) is 0.208. The van der Waals surface area contributed by atoms with E-state index >= 15 is 0 Å². The monoisotopic (exact) mass is 421 g/mol. The smallest absolute Gasteiger partial charge is 0.408 e. The first kappa shape index (κ1) is 22.0. The van der Waals surface area contributed by atoms with E-state index in [1.165, 1.54) is 24.3 Å². The maximum atomic E-state index is 13.3. The Balaban J connectivity index is 1.77. The lowest BCUT2D eigenvalue weighted by Gasteiger charge is -2.23. The van der Waals surface area contributed by atoms with E-state index in [1.54, 1.807) is 45.3 Å². The molecule has 0 saturated carbocycles. The number of halogens is 1. The lowest BCUT2D eigenvalue weighted by atomic mass is 10.1. The normalized spacial score (nSPS) is 12.0. The highest BCUT2D eigenvalue weighted by Crippen LogP contribution is 2.22. The van der Waals surface area contributed by atoms with Crippen LogP contribution in [0.15, 0.2) is 73.1 Å². The molecule has 0 spiro atoms. The Labute approximate surface area is 180 Å². The summed E-state index contributed by atoms with van der Waals surface area (Å²) in [6.07, 6.45) is 2.67. The molecule has 0 radical (unpaired) electrons. The van der Waals surface area contributed by atoms with E-state index in [0.29, 0.717) is 11.3 Å². The largest absolute Gasteiger partial charge is 0.444 e. The number of ether oxygens (including phenoxy) is 1. The second-order valence-corrected chi connectivity index (χ2v) is 7.93. The molecule has 2 N–H and O–H groups in total. The van der Waals surface area contributed by atoms with Crippen LogP contribution in [0.25, 0.3) is 11.1 Å². The second kappa shape index (κ2) is 9.38. The zero-order valence-corrected chi connectivity index (χ0v) is 17.6. The number of carbonyl (C=O) groups excluding carboxylic acids is 2. The fourth-order valence-corrected chi connectivity index (χ4v) is 2.89. The van der Waals surface area contributed by atoms with Crippen molar-refractivity contribution < 1.29 is 18.7 Å². The van der Waals surface area contributed by atoms with E-state index in [4.69, 9.17) is 4.74 Å². The Morgan fingerprint density at radius 3 is 2.06 bits per heavy atom. The third-order valence-corrected chi connectivity index (χ3v) is 4.29. The summed E-state index contributed by atoms with van der Waals surface area (Å²) in [6.45, 7) is 5.18. The fourth-order valence-electron chi connectivity index (χ4n) is 2.89. The number of benzene rings is 2. The van der Waals surface area contributed by atoms with Crippen LogP contribution in [0.2, 0.25) is 0 Å². The van der Waals surface area contributed by atoms with Gasteiger partial charge >= 0.3 is 6.09 Å². The van der Waals surface area contributed by atoms with Gasteiger partial charge in [-0.25, -0.2) is 9.18 Å². The van der Waals surface area contributed by atoms with Crippen molar-refractivity contribution in [2.45, 2.75) is 32.4 Å². The van der Waals surface area contributed by atoms with Crippen molar-refractivity contribution in [3.8, 4) is 11.1 Å². The molecule has 0 aliphatic rings. The standard InChI is InChI=1S/C24H24FN3O3/c1-24(2,3)31-23(30)28-21(18-4-8-19(25)9-5-18)22(29)27-20-10-6-16(7-11-20)17-12-14-26-15-13-17/h4-15,21H,1-3H3,(H,27,29)(H,28,30)/t21-/m0/s1. The third kappa shape index (κ3) is 6.37. The number of rotatable bonds is 5. The SMILES string of the molecule is CC(C)(C)OC(=O)N[C@H](C(=O)Nc1ccc(-c2ccncc2)cc1)c1ccc(F)cc1. The molecule has 1 heterocycles. The van der Waals surface area contributed by atoms with Gasteiger partial charge in [-0.3, -0.25) is 9.78 Å². The first-order valence-corrected chi connectivity index (χ1v) is 9.77. The van der Waals surface area contributed by atoms with Crippen LogP contribution in [0.1, 0.15) is 32.4 Å². The van der Waals surface area contributed by atoms with Gasteiger partial charge in [-0.15, -0.1) is 0 Å². The molecule has 31 heavy (non-hydrogen) atoms. The topological polar surface area (TPSA) is 80.3 Å². The van der Waals surface area contributed by atoms with Crippen molar-refractivity contribution in [1.82, 2.24) is 10.3 Å². The number of amides is 2. The minimum Gasteiger partial charge on any atom is -0.444 e. The highest BCUT2D eigenvalue weighted by atomic mass is 19.1. The van der Waals surface area contributed by atoms with Crippen LogP contribution < -0.4 is 10.6 Å². The number of pyridine rings is 1. The third-order valence-electron chi connectivity index (χ3n) is 4.29. The summed E-state index contributed by atoms with van der Waals surface area (Å²) in [5.41, 5.74) is 2.24.